The van der Waals surface area contributed by atoms with Gasteiger partial charge < -0.3 is 5.11 Å². The van der Waals surface area contributed by atoms with Crippen LogP contribution in [0.5, 0.6) is 5.75 Å². The second kappa shape index (κ2) is 7.43. The number of aromatic hydroxyl groups is 1. The Morgan fingerprint density at radius 3 is 2.48 bits per heavy atom. The maximum Gasteiger partial charge on any atom is 0.288 e. The van der Waals surface area contributed by atoms with Crippen LogP contribution < -0.4 is 5.43 Å². The molecule has 0 saturated carbocycles. The van der Waals surface area contributed by atoms with Gasteiger partial charge in [-0.2, -0.15) is 5.10 Å². The van der Waals surface area contributed by atoms with E-state index in [9.17, 15) is 20.0 Å². The summed E-state index contributed by atoms with van der Waals surface area (Å²) in [5.41, 5.74) is 2.97. The Kier molecular flexibility index (Phi) is 5.05. The van der Waals surface area contributed by atoms with Crippen molar-refractivity contribution >= 4 is 39.7 Å². The molecule has 0 aliphatic heterocycles. The first-order valence-electron chi connectivity index (χ1n) is 7.87. The summed E-state index contributed by atoms with van der Waals surface area (Å²) in [4.78, 5) is 22.8. The molecular formula is C19H14ClN3O4. The van der Waals surface area contributed by atoms with Crippen LogP contribution in [0.15, 0.2) is 59.7 Å². The molecule has 8 heteroatoms. The Morgan fingerprint density at radius 2 is 1.81 bits per heavy atom. The van der Waals surface area contributed by atoms with Crippen LogP contribution in [0.4, 0.5) is 5.69 Å². The van der Waals surface area contributed by atoms with Crippen LogP contribution >= 0.6 is 11.6 Å². The Hall–Kier alpha value is -3.45. The molecule has 0 radical (unpaired) electrons. The van der Waals surface area contributed by atoms with Gasteiger partial charge in [0.2, 0.25) is 0 Å². The van der Waals surface area contributed by atoms with Gasteiger partial charge in [-0.05, 0) is 35.9 Å². The summed E-state index contributed by atoms with van der Waals surface area (Å²) in [7, 11) is 0. The number of carbonyl (C=O) groups is 1. The third-order valence-corrected chi connectivity index (χ3v) is 4.31. The van der Waals surface area contributed by atoms with Gasteiger partial charge in [-0.25, -0.2) is 5.43 Å². The van der Waals surface area contributed by atoms with E-state index < -0.39 is 10.8 Å². The van der Waals surface area contributed by atoms with Gasteiger partial charge in [-0.3, -0.25) is 14.9 Å². The molecule has 0 aliphatic carbocycles. The maximum absolute atomic E-state index is 12.4. The molecule has 0 aliphatic rings. The van der Waals surface area contributed by atoms with Crippen LogP contribution in [0.2, 0.25) is 5.02 Å². The zero-order valence-corrected chi connectivity index (χ0v) is 14.9. The number of nitrogens with zero attached hydrogens (tertiary/aromatic N) is 2. The van der Waals surface area contributed by atoms with Crippen LogP contribution in [-0.2, 0) is 0 Å². The van der Waals surface area contributed by atoms with E-state index in [0.29, 0.717) is 11.3 Å². The molecule has 27 heavy (non-hydrogen) atoms. The normalized spacial score (nSPS) is 11.4. The average Bonchev–Trinajstić information content (AvgIpc) is 2.65. The number of carbonyl (C=O) groups excluding carboxylic acids is 1. The van der Waals surface area contributed by atoms with Gasteiger partial charge in [0.05, 0.1) is 16.2 Å². The third-order valence-electron chi connectivity index (χ3n) is 3.99. The summed E-state index contributed by atoms with van der Waals surface area (Å²) >= 11 is 5.79. The summed E-state index contributed by atoms with van der Waals surface area (Å²) in [6.07, 6.45) is 0. The average molecular weight is 384 g/mol. The molecule has 0 heterocycles. The highest BCUT2D eigenvalue weighted by Crippen LogP contribution is 2.26. The van der Waals surface area contributed by atoms with Gasteiger partial charge in [0.25, 0.3) is 11.6 Å². The number of phenols is 1. The van der Waals surface area contributed by atoms with Crippen molar-refractivity contribution < 1.29 is 14.8 Å². The van der Waals surface area contributed by atoms with Gasteiger partial charge in [0.15, 0.2) is 0 Å². The Morgan fingerprint density at radius 1 is 1.15 bits per heavy atom. The predicted octanol–water partition coefficient (Wildman–Crippen LogP) is 4.26. The van der Waals surface area contributed by atoms with Gasteiger partial charge in [0, 0.05) is 11.6 Å². The highest BCUT2D eigenvalue weighted by atomic mass is 35.5. The number of fused-ring (bicyclic) bond motifs is 1. The minimum Gasteiger partial charge on any atom is -0.507 e. The SMILES string of the molecule is C/C(=N/NC(=O)c1cc2ccccc2cc1O)c1ccc(Cl)c([N+](=O)[O-])c1. The van der Waals surface area contributed by atoms with E-state index in [1.807, 2.05) is 24.3 Å². The Balaban J connectivity index is 1.85. The molecule has 7 nitrogen and oxygen atoms in total. The van der Waals surface area contributed by atoms with Crippen LogP contribution in [0, 0.1) is 10.1 Å². The number of hydrogen-bond acceptors (Lipinski definition) is 5. The molecule has 0 saturated heterocycles. The zero-order valence-electron chi connectivity index (χ0n) is 14.1. The van der Waals surface area contributed by atoms with E-state index in [1.54, 1.807) is 19.1 Å². The zero-order chi connectivity index (χ0) is 19.6. The molecule has 0 spiro atoms. The van der Waals surface area contributed by atoms with E-state index in [2.05, 4.69) is 10.5 Å². The molecule has 136 valence electrons. The number of benzene rings is 3. The standard InChI is InChI=1S/C19H14ClN3O4/c1-11(12-6-7-16(20)17(9-12)23(26)27)21-22-19(25)15-8-13-4-2-3-5-14(13)10-18(15)24/h2-10,24H,1H3,(H,22,25)/b21-11-. The van der Waals surface area contributed by atoms with E-state index in [0.717, 1.165) is 10.8 Å². The van der Waals surface area contributed by atoms with Crippen molar-refractivity contribution in [3.05, 3.63) is 80.9 Å². The lowest BCUT2D eigenvalue weighted by molar-refractivity contribution is -0.384. The number of amides is 1. The molecule has 3 rings (SSSR count). The van der Waals surface area contributed by atoms with Crippen molar-refractivity contribution in [2.45, 2.75) is 6.92 Å². The number of nitro groups is 1. The highest BCUT2D eigenvalue weighted by Gasteiger charge is 2.15. The molecule has 0 atom stereocenters. The lowest BCUT2D eigenvalue weighted by Gasteiger charge is -2.07. The van der Waals surface area contributed by atoms with Gasteiger partial charge in [0.1, 0.15) is 10.8 Å². The molecule has 3 aromatic carbocycles. The summed E-state index contributed by atoms with van der Waals surface area (Å²) in [6, 6.07) is 14.6. The van der Waals surface area contributed by atoms with Gasteiger partial charge in [-0.1, -0.05) is 41.9 Å². The first-order valence-corrected chi connectivity index (χ1v) is 8.25. The molecule has 0 bridgehead atoms. The number of phenolic OH excluding ortho intramolecular Hbond substituents is 1. The number of hydrogen-bond donors (Lipinski definition) is 2. The highest BCUT2D eigenvalue weighted by molar-refractivity contribution is 6.32. The first kappa shape index (κ1) is 18.3. The topological polar surface area (TPSA) is 105 Å². The third kappa shape index (κ3) is 3.88. The van der Waals surface area contributed by atoms with E-state index in [-0.39, 0.29) is 22.0 Å². The van der Waals surface area contributed by atoms with Gasteiger partial charge >= 0.3 is 0 Å². The second-order valence-corrected chi connectivity index (χ2v) is 6.19. The predicted molar refractivity (Wildman–Crippen MR) is 103 cm³/mol. The number of hydrazone groups is 1. The lowest BCUT2D eigenvalue weighted by Crippen LogP contribution is -2.19. The number of rotatable bonds is 4. The number of nitro benzene ring substituents is 1. The number of halogens is 1. The largest absolute Gasteiger partial charge is 0.507 e. The molecule has 1 amide bonds. The molecule has 3 aromatic rings. The molecule has 0 unspecified atom stereocenters. The minimum atomic E-state index is -0.596. The van der Waals surface area contributed by atoms with Crippen LogP contribution in [0.25, 0.3) is 10.8 Å². The fourth-order valence-electron chi connectivity index (χ4n) is 2.55. The molecule has 0 fully saturated rings. The van der Waals surface area contributed by atoms with Crippen LogP contribution in [0.1, 0.15) is 22.8 Å². The molecular weight excluding hydrogens is 370 g/mol. The quantitative estimate of drug-likeness (QED) is 0.399. The van der Waals surface area contributed by atoms with Crippen LogP contribution in [-0.4, -0.2) is 21.6 Å². The summed E-state index contributed by atoms with van der Waals surface area (Å²) < 4.78 is 0. The van der Waals surface area contributed by atoms with Crippen molar-refractivity contribution in [1.82, 2.24) is 5.43 Å². The van der Waals surface area contributed by atoms with Crippen LogP contribution in [0.3, 0.4) is 0 Å². The number of nitrogens with one attached hydrogen (secondary N) is 1. The van der Waals surface area contributed by atoms with Crippen molar-refractivity contribution in [3.8, 4) is 5.75 Å². The fraction of sp³-hybridized carbons (Fsp3) is 0.0526. The van der Waals surface area contributed by atoms with Crippen molar-refractivity contribution in [2.24, 2.45) is 5.10 Å². The van der Waals surface area contributed by atoms with E-state index in [4.69, 9.17) is 11.6 Å². The summed E-state index contributed by atoms with van der Waals surface area (Å²) in [6.45, 7) is 1.59. The van der Waals surface area contributed by atoms with Crippen molar-refractivity contribution in [1.29, 1.82) is 0 Å². The molecule has 0 aromatic heterocycles. The summed E-state index contributed by atoms with van der Waals surface area (Å²) in [5, 5.41) is 26.6. The van der Waals surface area contributed by atoms with E-state index >= 15 is 0 Å². The Labute approximate surface area is 159 Å². The summed E-state index contributed by atoms with van der Waals surface area (Å²) in [5.74, 6) is -0.762. The minimum absolute atomic E-state index is 0.0154. The van der Waals surface area contributed by atoms with Gasteiger partial charge in [-0.15, -0.1) is 0 Å². The maximum atomic E-state index is 12.4. The Bertz CT molecular complexity index is 1100. The fourth-order valence-corrected chi connectivity index (χ4v) is 2.73. The lowest BCUT2D eigenvalue weighted by atomic mass is 10.1. The second-order valence-electron chi connectivity index (χ2n) is 5.78. The van der Waals surface area contributed by atoms with Crippen molar-refractivity contribution in [2.75, 3.05) is 0 Å². The van der Waals surface area contributed by atoms with Crippen molar-refractivity contribution in [3.63, 3.8) is 0 Å². The molecule has 2 N–H and O–H groups in total. The smallest absolute Gasteiger partial charge is 0.288 e. The van der Waals surface area contributed by atoms with E-state index in [1.165, 1.54) is 18.2 Å². The monoisotopic (exact) mass is 383 g/mol. The first-order chi connectivity index (χ1) is 12.9.